The largest absolute Gasteiger partial charge is 0.347 e. The molecule has 1 saturated carbocycles. The molecule has 1 aliphatic carbocycles. The summed E-state index contributed by atoms with van der Waals surface area (Å²) >= 11 is 0. The van der Waals surface area contributed by atoms with Gasteiger partial charge in [-0.1, -0.05) is 78.0 Å². The van der Waals surface area contributed by atoms with Gasteiger partial charge in [0.15, 0.2) is 0 Å². The molecule has 0 radical (unpaired) electrons. The van der Waals surface area contributed by atoms with Crippen LogP contribution in [-0.2, 0) is 19.2 Å². The van der Waals surface area contributed by atoms with E-state index in [9.17, 15) is 24.0 Å². The van der Waals surface area contributed by atoms with E-state index in [4.69, 9.17) is 0 Å². The number of ketones is 1. The van der Waals surface area contributed by atoms with Crippen LogP contribution in [0.1, 0.15) is 103 Å². The molecule has 1 fully saturated rings. The number of benzene rings is 1. The average Bonchev–Trinajstić information content (AvgIpc) is 2.92. The lowest BCUT2D eigenvalue weighted by Crippen LogP contribution is -2.63. The highest BCUT2D eigenvalue weighted by molar-refractivity contribution is 6.38. The van der Waals surface area contributed by atoms with Gasteiger partial charge in [0.1, 0.15) is 11.6 Å². The van der Waals surface area contributed by atoms with Gasteiger partial charge in [0.25, 0.3) is 11.8 Å². The number of hydrogen-bond acceptors (Lipinski definition) is 5. The van der Waals surface area contributed by atoms with Crippen LogP contribution in [0.5, 0.6) is 0 Å². The lowest BCUT2D eigenvalue weighted by Gasteiger charge is -2.37. The zero-order valence-electron chi connectivity index (χ0n) is 24.1. The molecule has 0 spiro atoms. The molecule has 0 aromatic heterocycles. The fourth-order valence-electron chi connectivity index (χ4n) is 5.04. The monoisotopic (exact) mass is 542 g/mol. The highest BCUT2D eigenvalue weighted by atomic mass is 16.2. The van der Waals surface area contributed by atoms with Crippen molar-refractivity contribution in [3.63, 3.8) is 0 Å². The van der Waals surface area contributed by atoms with Crippen LogP contribution in [0.4, 0.5) is 0 Å². The predicted molar refractivity (Wildman–Crippen MR) is 151 cm³/mol. The quantitative estimate of drug-likeness (QED) is 0.267. The first-order valence-corrected chi connectivity index (χ1v) is 14.4. The fourth-order valence-corrected chi connectivity index (χ4v) is 5.04. The molecule has 0 saturated heterocycles. The van der Waals surface area contributed by atoms with E-state index in [1.54, 1.807) is 38.1 Å². The van der Waals surface area contributed by atoms with Gasteiger partial charge in [-0.25, -0.2) is 0 Å². The molecular weight excluding hydrogens is 496 g/mol. The maximum absolute atomic E-state index is 13.5. The van der Waals surface area contributed by atoms with Crippen LogP contribution < -0.4 is 21.3 Å². The molecule has 216 valence electrons. The third kappa shape index (κ3) is 9.18. The summed E-state index contributed by atoms with van der Waals surface area (Å²) in [6, 6.07) is 6.61. The Balaban J connectivity index is 2.08. The number of nitrogens with one attached hydrogen (secondary N) is 4. The Morgan fingerprint density at radius 1 is 0.821 bits per heavy atom. The van der Waals surface area contributed by atoms with Gasteiger partial charge < -0.3 is 21.3 Å². The summed E-state index contributed by atoms with van der Waals surface area (Å²) in [4.78, 5) is 65.2. The SMILES string of the molecule is CCCC(CCC)NC(=O)C(=O)[C@@H](NC(=O)[C@H](C)NC(=O)C1(NC(=O)c2ccccc2)CCCCC1)C(C)C. The fraction of sp³-hybridized carbons (Fsp3) is 0.633. The van der Waals surface area contributed by atoms with Crippen LogP contribution >= 0.6 is 0 Å². The lowest BCUT2D eigenvalue weighted by molar-refractivity contribution is -0.141. The Bertz CT molecular complexity index is 982. The Kier molecular flexibility index (Phi) is 12.6. The molecule has 2 atom stereocenters. The van der Waals surface area contributed by atoms with E-state index in [1.807, 2.05) is 19.9 Å². The van der Waals surface area contributed by atoms with Crippen molar-refractivity contribution in [2.24, 2.45) is 5.92 Å². The second-order valence-corrected chi connectivity index (χ2v) is 11.0. The molecule has 0 aliphatic heterocycles. The molecule has 0 bridgehead atoms. The van der Waals surface area contributed by atoms with E-state index in [1.165, 1.54) is 6.92 Å². The third-order valence-corrected chi connectivity index (χ3v) is 7.35. The van der Waals surface area contributed by atoms with Crippen molar-refractivity contribution >= 4 is 29.4 Å². The molecule has 1 aromatic rings. The molecule has 9 heteroatoms. The molecule has 1 aliphatic rings. The smallest absolute Gasteiger partial charge is 0.289 e. The molecule has 9 nitrogen and oxygen atoms in total. The Morgan fingerprint density at radius 3 is 1.95 bits per heavy atom. The van der Waals surface area contributed by atoms with Crippen LogP contribution in [0.15, 0.2) is 30.3 Å². The number of carbonyl (C=O) groups is 5. The lowest BCUT2D eigenvalue weighted by atomic mass is 9.80. The summed E-state index contributed by atoms with van der Waals surface area (Å²) in [6.07, 6.45) is 6.77. The van der Waals surface area contributed by atoms with Gasteiger partial charge in [-0.2, -0.15) is 0 Å². The molecule has 4 amide bonds. The summed E-state index contributed by atoms with van der Waals surface area (Å²) in [5.41, 5.74) is -0.668. The van der Waals surface area contributed by atoms with Crippen molar-refractivity contribution in [2.45, 2.75) is 116 Å². The van der Waals surface area contributed by atoms with Crippen molar-refractivity contribution in [3.8, 4) is 0 Å². The summed E-state index contributed by atoms with van der Waals surface area (Å²) in [7, 11) is 0. The summed E-state index contributed by atoms with van der Waals surface area (Å²) in [6.45, 7) is 9.08. The number of hydrogen-bond donors (Lipinski definition) is 4. The Morgan fingerprint density at radius 2 is 1.41 bits per heavy atom. The topological polar surface area (TPSA) is 133 Å². The van der Waals surface area contributed by atoms with E-state index in [-0.39, 0.29) is 17.9 Å². The number of Topliss-reactive ketones (excluding diaryl/α,β-unsaturated/α-hetero) is 1. The molecule has 0 unspecified atom stereocenters. The van der Waals surface area contributed by atoms with Crippen molar-refractivity contribution in [1.82, 2.24) is 21.3 Å². The van der Waals surface area contributed by atoms with E-state index in [0.717, 1.165) is 44.9 Å². The maximum Gasteiger partial charge on any atom is 0.289 e. The Labute approximate surface area is 232 Å². The van der Waals surface area contributed by atoms with Crippen molar-refractivity contribution in [3.05, 3.63) is 35.9 Å². The van der Waals surface area contributed by atoms with Crippen LogP contribution in [0.3, 0.4) is 0 Å². The Hall–Kier alpha value is -3.23. The zero-order valence-corrected chi connectivity index (χ0v) is 24.1. The van der Waals surface area contributed by atoms with Crippen LogP contribution in [0.25, 0.3) is 0 Å². The number of carbonyl (C=O) groups excluding carboxylic acids is 5. The normalized spacial score (nSPS) is 16.2. The van der Waals surface area contributed by atoms with E-state index in [2.05, 4.69) is 21.3 Å². The van der Waals surface area contributed by atoms with Gasteiger partial charge in [-0.3, -0.25) is 24.0 Å². The van der Waals surface area contributed by atoms with Crippen molar-refractivity contribution in [2.75, 3.05) is 0 Å². The van der Waals surface area contributed by atoms with Crippen LogP contribution in [0.2, 0.25) is 0 Å². The number of rotatable bonds is 14. The first-order chi connectivity index (χ1) is 18.5. The predicted octanol–water partition coefficient (Wildman–Crippen LogP) is 3.42. The third-order valence-electron chi connectivity index (χ3n) is 7.35. The minimum atomic E-state index is -1.12. The highest BCUT2D eigenvalue weighted by Crippen LogP contribution is 2.29. The van der Waals surface area contributed by atoms with E-state index >= 15 is 0 Å². The molecule has 1 aromatic carbocycles. The summed E-state index contributed by atoms with van der Waals surface area (Å²) < 4.78 is 0. The van der Waals surface area contributed by atoms with Crippen molar-refractivity contribution in [1.29, 1.82) is 0 Å². The van der Waals surface area contributed by atoms with Gasteiger partial charge in [0.05, 0.1) is 6.04 Å². The maximum atomic E-state index is 13.5. The van der Waals surface area contributed by atoms with Gasteiger partial charge >= 0.3 is 0 Å². The van der Waals surface area contributed by atoms with Crippen molar-refractivity contribution < 1.29 is 24.0 Å². The standard InChI is InChI=1S/C30H46N4O5/c1-6-14-23(15-7-2)32-28(38)25(35)24(20(3)4)33-26(36)21(5)31-29(39)30(18-12-9-13-19-30)34-27(37)22-16-10-8-11-17-22/h8,10-11,16-17,20-21,23-24H,6-7,9,12-15,18-19H2,1-5H3,(H,31,39)(H,32,38)(H,33,36)(H,34,37)/t21-,24-/m0/s1. The van der Waals surface area contributed by atoms with Gasteiger partial charge in [-0.15, -0.1) is 0 Å². The van der Waals surface area contributed by atoms with Gasteiger partial charge in [-0.05, 0) is 50.7 Å². The summed E-state index contributed by atoms with van der Waals surface area (Å²) in [5, 5.41) is 11.2. The first kappa shape index (κ1) is 32.0. The molecular formula is C30H46N4O5. The highest BCUT2D eigenvalue weighted by Gasteiger charge is 2.42. The minimum Gasteiger partial charge on any atom is -0.347 e. The zero-order chi connectivity index (χ0) is 29.0. The molecule has 2 rings (SSSR count). The first-order valence-electron chi connectivity index (χ1n) is 14.4. The van der Waals surface area contributed by atoms with Crippen LogP contribution in [0, 0.1) is 5.92 Å². The number of amides is 4. The molecule has 0 heterocycles. The molecule has 4 N–H and O–H groups in total. The molecule has 39 heavy (non-hydrogen) atoms. The van der Waals surface area contributed by atoms with E-state index < -0.39 is 41.1 Å². The summed E-state index contributed by atoms with van der Waals surface area (Å²) in [5.74, 6) is -3.08. The van der Waals surface area contributed by atoms with E-state index in [0.29, 0.717) is 18.4 Å². The van der Waals surface area contributed by atoms with Gasteiger partial charge in [0, 0.05) is 11.6 Å². The average molecular weight is 543 g/mol. The second kappa shape index (κ2) is 15.4. The van der Waals surface area contributed by atoms with Gasteiger partial charge in [0.2, 0.25) is 17.6 Å². The van der Waals surface area contributed by atoms with Crippen LogP contribution in [-0.4, -0.2) is 53.1 Å². The minimum absolute atomic E-state index is 0.0871. The second-order valence-electron chi connectivity index (χ2n) is 11.0.